The van der Waals surface area contributed by atoms with E-state index in [1.807, 2.05) is 30.3 Å². The van der Waals surface area contributed by atoms with Gasteiger partial charge in [0.25, 0.3) is 11.6 Å². The van der Waals surface area contributed by atoms with Gasteiger partial charge in [-0.05, 0) is 12.1 Å². The fourth-order valence-corrected chi connectivity index (χ4v) is 3.01. The lowest BCUT2D eigenvalue weighted by Gasteiger charge is -2.04. The van der Waals surface area contributed by atoms with Gasteiger partial charge in [0.1, 0.15) is 15.7 Å². The zero-order valence-corrected chi connectivity index (χ0v) is 13.7. The average molecular weight is 360 g/mol. The van der Waals surface area contributed by atoms with Gasteiger partial charge in [0, 0.05) is 22.7 Å². The van der Waals surface area contributed by atoms with Crippen molar-refractivity contribution in [2.24, 2.45) is 0 Å². The summed E-state index contributed by atoms with van der Waals surface area (Å²) in [5.74, 6) is -0.440. The summed E-state index contributed by atoms with van der Waals surface area (Å²) < 4.78 is 0. The molecule has 3 aromatic rings. The van der Waals surface area contributed by atoms with Crippen molar-refractivity contribution in [2.75, 3.05) is 5.32 Å². The maximum absolute atomic E-state index is 12.3. The largest absolute Gasteiger partial charge is 0.320 e. The molecule has 0 atom stereocenters. The summed E-state index contributed by atoms with van der Waals surface area (Å²) in [6.45, 7) is 0. The molecule has 0 unspecified atom stereocenters. The van der Waals surface area contributed by atoms with Crippen molar-refractivity contribution in [1.82, 2.24) is 4.98 Å². The van der Waals surface area contributed by atoms with E-state index in [-0.39, 0.29) is 22.1 Å². The van der Waals surface area contributed by atoms with Gasteiger partial charge in [-0.2, -0.15) is 0 Å². The van der Waals surface area contributed by atoms with E-state index >= 15 is 0 Å². The van der Waals surface area contributed by atoms with Crippen LogP contribution in [-0.2, 0) is 0 Å². The second kappa shape index (κ2) is 6.77. The van der Waals surface area contributed by atoms with Gasteiger partial charge >= 0.3 is 0 Å². The third-order valence-corrected chi connectivity index (χ3v) is 4.37. The summed E-state index contributed by atoms with van der Waals surface area (Å²) in [7, 11) is 0. The summed E-state index contributed by atoms with van der Waals surface area (Å²) >= 11 is 7.10. The quantitative estimate of drug-likeness (QED) is 0.543. The molecule has 1 N–H and O–H groups in total. The number of nitrogens with one attached hydrogen (secondary N) is 1. The molecule has 2 aromatic carbocycles. The minimum Gasteiger partial charge on any atom is -0.320 e. The van der Waals surface area contributed by atoms with Crippen molar-refractivity contribution >= 4 is 40.2 Å². The van der Waals surface area contributed by atoms with Crippen molar-refractivity contribution in [2.45, 2.75) is 0 Å². The number of hydrogen-bond acceptors (Lipinski definition) is 5. The maximum atomic E-state index is 12.3. The maximum Gasteiger partial charge on any atom is 0.289 e. The summed E-state index contributed by atoms with van der Waals surface area (Å²) in [6.07, 6.45) is 0. The number of carbonyl (C=O) groups excluding carboxylic acids is 1. The van der Waals surface area contributed by atoms with E-state index in [0.29, 0.717) is 0 Å². The first-order valence-electron chi connectivity index (χ1n) is 6.81. The number of rotatable bonds is 4. The van der Waals surface area contributed by atoms with Crippen molar-refractivity contribution in [3.05, 3.63) is 74.7 Å². The van der Waals surface area contributed by atoms with Crippen LogP contribution in [0.2, 0.25) is 5.02 Å². The molecule has 1 aromatic heterocycles. The Kier molecular flexibility index (Phi) is 4.54. The van der Waals surface area contributed by atoms with Crippen LogP contribution in [0.4, 0.5) is 11.4 Å². The molecule has 120 valence electrons. The second-order valence-corrected chi connectivity index (χ2v) is 6.05. The normalized spacial score (nSPS) is 10.4. The van der Waals surface area contributed by atoms with Gasteiger partial charge in [0.15, 0.2) is 0 Å². The number of amides is 1. The Balaban J connectivity index is 1.80. The molecule has 24 heavy (non-hydrogen) atoms. The zero-order chi connectivity index (χ0) is 17.1. The monoisotopic (exact) mass is 359 g/mol. The molecule has 0 aliphatic carbocycles. The SMILES string of the molecule is O=C(Nc1ccc(Cl)c([N+](=O)[O-])c1)c1csc(-c2ccccc2)n1. The molecule has 0 fully saturated rings. The predicted molar refractivity (Wildman–Crippen MR) is 93.6 cm³/mol. The average Bonchev–Trinajstić information content (AvgIpc) is 3.07. The predicted octanol–water partition coefficient (Wildman–Crippen LogP) is 4.62. The molecule has 8 heteroatoms. The second-order valence-electron chi connectivity index (χ2n) is 4.78. The molecule has 0 radical (unpaired) electrons. The third-order valence-electron chi connectivity index (χ3n) is 3.16. The smallest absolute Gasteiger partial charge is 0.289 e. The van der Waals surface area contributed by atoms with Gasteiger partial charge in [0.05, 0.1) is 4.92 Å². The van der Waals surface area contributed by atoms with Gasteiger partial charge in [-0.1, -0.05) is 41.9 Å². The minimum absolute atomic E-state index is 0.0121. The van der Waals surface area contributed by atoms with Crippen LogP contribution in [0.25, 0.3) is 10.6 Å². The number of nitrogens with zero attached hydrogens (tertiary/aromatic N) is 2. The number of aromatic nitrogens is 1. The van der Waals surface area contributed by atoms with Crippen LogP contribution in [0.15, 0.2) is 53.9 Å². The van der Waals surface area contributed by atoms with Crippen LogP contribution in [0, 0.1) is 10.1 Å². The number of hydrogen-bond donors (Lipinski definition) is 1. The topological polar surface area (TPSA) is 85.1 Å². The molecule has 3 rings (SSSR count). The molecule has 0 bridgehead atoms. The number of carbonyl (C=O) groups is 1. The van der Waals surface area contributed by atoms with Crippen molar-refractivity contribution in [1.29, 1.82) is 0 Å². The number of benzene rings is 2. The Bertz CT molecular complexity index is 912. The summed E-state index contributed by atoms with van der Waals surface area (Å²) in [5.41, 5.74) is 1.18. The molecule has 0 saturated carbocycles. The van der Waals surface area contributed by atoms with E-state index in [1.165, 1.54) is 29.5 Å². The molecular formula is C16H10ClN3O3S. The highest BCUT2D eigenvalue weighted by atomic mass is 35.5. The van der Waals surface area contributed by atoms with Crippen molar-refractivity contribution < 1.29 is 9.72 Å². The first-order valence-corrected chi connectivity index (χ1v) is 8.06. The van der Waals surface area contributed by atoms with Gasteiger partial charge < -0.3 is 5.32 Å². The van der Waals surface area contributed by atoms with Crippen molar-refractivity contribution in [3.8, 4) is 10.6 Å². The highest BCUT2D eigenvalue weighted by molar-refractivity contribution is 7.13. The number of thiazole rings is 1. The third kappa shape index (κ3) is 3.42. The summed E-state index contributed by atoms with van der Waals surface area (Å²) in [5, 5.41) is 15.9. The lowest BCUT2D eigenvalue weighted by atomic mass is 10.2. The highest BCUT2D eigenvalue weighted by Crippen LogP contribution is 2.28. The molecule has 0 saturated heterocycles. The van der Waals surface area contributed by atoms with E-state index < -0.39 is 10.8 Å². The van der Waals surface area contributed by atoms with Crippen LogP contribution >= 0.6 is 22.9 Å². The molecule has 1 heterocycles. The lowest BCUT2D eigenvalue weighted by Crippen LogP contribution is -2.12. The molecule has 1 amide bonds. The van der Waals surface area contributed by atoms with E-state index in [2.05, 4.69) is 10.3 Å². The van der Waals surface area contributed by atoms with Gasteiger partial charge in [-0.25, -0.2) is 4.98 Å². The van der Waals surface area contributed by atoms with Gasteiger partial charge in [-0.15, -0.1) is 11.3 Å². The van der Waals surface area contributed by atoms with Gasteiger partial charge in [0.2, 0.25) is 0 Å². The number of anilines is 1. The molecule has 0 aliphatic rings. The first kappa shape index (κ1) is 16.1. The molecule has 0 spiro atoms. The summed E-state index contributed by atoms with van der Waals surface area (Å²) in [6, 6.07) is 13.6. The Morgan fingerprint density at radius 2 is 1.96 bits per heavy atom. The number of nitro groups is 1. The van der Waals surface area contributed by atoms with E-state index in [9.17, 15) is 14.9 Å². The standard InChI is InChI=1S/C16H10ClN3O3S/c17-12-7-6-11(8-14(12)20(22)23)18-15(21)13-9-24-16(19-13)10-4-2-1-3-5-10/h1-9H,(H,18,21). The number of nitro benzene ring substituents is 1. The minimum atomic E-state index is -0.603. The fourth-order valence-electron chi connectivity index (χ4n) is 2.02. The number of halogens is 1. The van der Waals surface area contributed by atoms with E-state index in [4.69, 9.17) is 11.6 Å². The Morgan fingerprint density at radius 3 is 2.67 bits per heavy atom. The summed E-state index contributed by atoms with van der Waals surface area (Å²) in [4.78, 5) is 26.8. The fraction of sp³-hybridized carbons (Fsp3) is 0. The lowest BCUT2D eigenvalue weighted by molar-refractivity contribution is -0.384. The Labute approximate surface area is 145 Å². The van der Waals surface area contributed by atoms with Crippen LogP contribution in [-0.4, -0.2) is 15.8 Å². The first-order chi connectivity index (χ1) is 11.5. The Hall–Kier alpha value is -2.77. The zero-order valence-electron chi connectivity index (χ0n) is 12.1. The van der Waals surface area contributed by atoms with Crippen LogP contribution < -0.4 is 5.32 Å². The van der Waals surface area contributed by atoms with Gasteiger partial charge in [-0.3, -0.25) is 14.9 Å². The highest BCUT2D eigenvalue weighted by Gasteiger charge is 2.16. The van der Waals surface area contributed by atoms with Crippen molar-refractivity contribution in [3.63, 3.8) is 0 Å². The molecular weight excluding hydrogens is 350 g/mol. The van der Waals surface area contributed by atoms with E-state index in [0.717, 1.165) is 10.6 Å². The molecule has 0 aliphatic heterocycles. The molecule has 6 nitrogen and oxygen atoms in total. The Morgan fingerprint density at radius 1 is 1.21 bits per heavy atom. The van der Waals surface area contributed by atoms with Crippen LogP contribution in [0.5, 0.6) is 0 Å². The van der Waals surface area contributed by atoms with Crippen LogP contribution in [0.1, 0.15) is 10.5 Å². The van der Waals surface area contributed by atoms with E-state index in [1.54, 1.807) is 5.38 Å². The van der Waals surface area contributed by atoms with Crippen LogP contribution in [0.3, 0.4) is 0 Å².